The number of halogens is 2. The van der Waals surface area contributed by atoms with Crippen LogP contribution in [0.15, 0.2) is 45.3 Å². The highest BCUT2D eigenvalue weighted by molar-refractivity contribution is 9.11. The van der Waals surface area contributed by atoms with Crippen LogP contribution >= 0.6 is 31.9 Å². The third-order valence-corrected chi connectivity index (χ3v) is 4.17. The molecule has 3 nitrogen and oxygen atoms in total. The molecule has 20 heavy (non-hydrogen) atoms. The Hall–Kier alpha value is -1.04. The van der Waals surface area contributed by atoms with Crippen molar-refractivity contribution >= 4 is 31.9 Å². The fourth-order valence-electron chi connectivity index (χ4n) is 1.94. The summed E-state index contributed by atoms with van der Waals surface area (Å²) in [6.45, 7) is 0. The fraction of sp³-hybridized carbons (Fsp3) is 0.200. The van der Waals surface area contributed by atoms with Crippen LogP contribution in [0.1, 0.15) is 17.2 Å². The van der Waals surface area contributed by atoms with Gasteiger partial charge in [0.25, 0.3) is 0 Å². The molecule has 1 unspecified atom stereocenters. The van der Waals surface area contributed by atoms with Gasteiger partial charge in [-0.15, -0.1) is 0 Å². The summed E-state index contributed by atoms with van der Waals surface area (Å²) in [6.07, 6.45) is -0.779. The van der Waals surface area contributed by atoms with Gasteiger partial charge in [0.1, 0.15) is 17.6 Å². The number of hydrogen-bond acceptors (Lipinski definition) is 3. The lowest BCUT2D eigenvalue weighted by molar-refractivity contribution is 0.213. The van der Waals surface area contributed by atoms with Crippen molar-refractivity contribution in [2.45, 2.75) is 6.10 Å². The average molecular weight is 402 g/mol. The zero-order valence-electron chi connectivity index (χ0n) is 11.1. The van der Waals surface area contributed by atoms with Gasteiger partial charge < -0.3 is 14.6 Å². The molecule has 106 valence electrons. The smallest absolute Gasteiger partial charge is 0.128 e. The summed E-state index contributed by atoms with van der Waals surface area (Å²) < 4.78 is 12.3. The van der Waals surface area contributed by atoms with Crippen LogP contribution < -0.4 is 9.47 Å². The van der Waals surface area contributed by atoms with Crippen LogP contribution in [-0.2, 0) is 0 Å². The summed E-state index contributed by atoms with van der Waals surface area (Å²) in [5, 5.41) is 10.6. The lowest BCUT2D eigenvalue weighted by Crippen LogP contribution is -2.03. The third kappa shape index (κ3) is 3.16. The minimum atomic E-state index is -0.779. The van der Waals surface area contributed by atoms with Crippen LogP contribution in [0.25, 0.3) is 0 Å². The van der Waals surface area contributed by atoms with Crippen molar-refractivity contribution in [3.05, 3.63) is 56.5 Å². The van der Waals surface area contributed by atoms with Gasteiger partial charge in [-0.3, -0.25) is 0 Å². The molecule has 0 radical (unpaired) electrons. The van der Waals surface area contributed by atoms with E-state index in [1.165, 1.54) is 0 Å². The Morgan fingerprint density at radius 2 is 1.65 bits per heavy atom. The van der Waals surface area contributed by atoms with Crippen LogP contribution in [0.2, 0.25) is 0 Å². The van der Waals surface area contributed by atoms with Crippen molar-refractivity contribution in [1.82, 2.24) is 0 Å². The molecule has 2 aromatic rings. The molecule has 2 rings (SSSR count). The van der Waals surface area contributed by atoms with Crippen molar-refractivity contribution in [2.75, 3.05) is 14.2 Å². The number of aliphatic hydroxyl groups excluding tert-OH is 1. The Kier molecular flexibility index (Phi) is 5.07. The van der Waals surface area contributed by atoms with Gasteiger partial charge in [-0.2, -0.15) is 0 Å². The Bertz CT molecular complexity index is 614. The van der Waals surface area contributed by atoms with Gasteiger partial charge in [0.15, 0.2) is 0 Å². The molecule has 0 amide bonds. The minimum absolute atomic E-state index is 0.590. The van der Waals surface area contributed by atoms with Gasteiger partial charge in [0.05, 0.1) is 14.2 Å². The zero-order chi connectivity index (χ0) is 14.7. The van der Waals surface area contributed by atoms with Crippen LogP contribution in [-0.4, -0.2) is 19.3 Å². The highest BCUT2D eigenvalue weighted by atomic mass is 79.9. The number of aliphatic hydroxyl groups is 1. The van der Waals surface area contributed by atoms with Gasteiger partial charge >= 0.3 is 0 Å². The summed E-state index contributed by atoms with van der Waals surface area (Å²) in [5.41, 5.74) is 1.47. The minimum Gasteiger partial charge on any atom is -0.497 e. The van der Waals surface area contributed by atoms with Crippen LogP contribution in [0.4, 0.5) is 0 Å². The number of methoxy groups -OCH3 is 2. The Morgan fingerprint density at radius 3 is 2.25 bits per heavy atom. The summed E-state index contributed by atoms with van der Waals surface area (Å²) in [7, 11) is 3.16. The monoisotopic (exact) mass is 400 g/mol. The third-order valence-electron chi connectivity index (χ3n) is 2.99. The molecule has 0 aliphatic carbocycles. The van der Waals surface area contributed by atoms with Crippen molar-refractivity contribution in [3.8, 4) is 11.5 Å². The summed E-state index contributed by atoms with van der Waals surface area (Å²) in [6, 6.07) is 11.0. The van der Waals surface area contributed by atoms with Gasteiger partial charge in [-0.25, -0.2) is 0 Å². The second-order valence-electron chi connectivity index (χ2n) is 4.18. The van der Waals surface area contributed by atoms with Crippen molar-refractivity contribution in [3.63, 3.8) is 0 Å². The molecule has 0 aliphatic rings. The van der Waals surface area contributed by atoms with Crippen LogP contribution in [0.3, 0.4) is 0 Å². The molecule has 2 aromatic carbocycles. The average Bonchev–Trinajstić information content (AvgIpc) is 2.46. The Balaban J connectivity index is 2.44. The molecule has 0 aliphatic heterocycles. The van der Waals surface area contributed by atoms with E-state index < -0.39 is 6.10 Å². The molecule has 0 bridgehead atoms. The molecule has 1 N–H and O–H groups in total. The SMILES string of the molecule is COc1ccc(C(O)c2ccc(Br)cc2Br)c(OC)c1. The van der Waals surface area contributed by atoms with Gasteiger partial charge in [-0.1, -0.05) is 37.9 Å². The maximum absolute atomic E-state index is 10.6. The van der Waals surface area contributed by atoms with E-state index in [1.807, 2.05) is 18.2 Å². The van der Waals surface area contributed by atoms with Gasteiger partial charge in [0, 0.05) is 20.6 Å². The van der Waals surface area contributed by atoms with Gasteiger partial charge in [-0.05, 0) is 29.8 Å². The van der Waals surface area contributed by atoms with E-state index in [9.17, 15) is 5.11 Å². The van der Waals surface area contributed by atoms with E-state index in [-0.39, 0.29) is 0 Å². The molecule has 0 heterocycles. The van der Waals surface area contributed by atoms with E-state index in [4.69, 9.17) is 9.47 Å². The predicted octanol–water partition coefficient (Wildman–Crippen LogP) is 4.31. The van der Waals surface area contributed by atoms with Crippen molar-refractivity contribution in [1.29, 1.82) is 0 Å². The quantitative estimate of drug-likeness (QED) is 0.829. The topological polar surface area (TPSA) is 38.7 Å². The molecule has 1 atom stereocenters. The van der Waals surface area contributed by atoms with E-state index >= 15 is 0 Å². The van der Waals surface area contributed by atoms with E-state index in [1.54, 1.807) is 32.4 Å². The van der Waals surface area contributed by atoms with E-state index in [0.717, 1.165) is 14.5 Å². The molecule has 0 saturated heterocycles. The number of benzene rings is 2. The van der Waals surface area contributed by atoms with Gasteiger partial charge in [0.2, 0.25) is 0 Å². The van der Waals surface area contributed by atoms with Crippen molar-refractivity contribution in [2.24, 2.45) is 0 Å². The maximum Gasteiger partial charge on any atom is 0.128 e. The fourth-order valence-corrected chi connectivity index (χ4v) is 3.20. The highest BCUT2D eigenvalue weighted by Crippen LogP contribution is 2.36. The lowest BCUT2D eigenvalue weighted by atomic mass is 10.0. The number of hydrogen-bond donors (Lipinski definition) is 1. The molecule has 5 heteroatoms. The molecule has 0 fully saturated rings. The largest absolute Gasteiger partial charge is 0.497 e. The number of rotatable bonds is 4. The first-order valence-electron chi connectivity index (χ1n) is 5.91. The summed E-state index contributed by atoms with van der Waals surface area (Å²) >= 11 is 6.86. The van der Waals surface area contributed by atoms with E-state index in [0.29, 0.717) is 17.1 Å². The molecule has 0 spiro atoms. The highest BCUT2D eigenvalue weighted by Gasteiger charge is 2.18. The maximum atomic E-state index is 10.6. The first-order chi connectivity index (χ1) is 9.56. The molecular weight excluding hydrogens is 388 g/mol. The standard InChI is InChI=1S/C15H14Br2O3/c1-19-10-4-6-12(14(8-10)20-2)15(18)11-5-3-9(16)7-13(11)17/h3-8,15,18H,1-2H3. The van der Waals surface area contributed by atoms with Crippen LogP contribution in [0, 0.1) is 0 Å². The lowest BCUT2D eigenvalue weighted by Gasteiger charge is -2.17. The number of ether oxygens (including phenoxy) is 2. The molecule has 0 aromatic heterocycles. The summed E-state index contributed by atoms with van der Waals surface area (Å²) in [5.74, 6) is 1.28. The first-order valence-corrected chi connectivity index (χ1v) is 7.50. The Morgan fingerprint density at radius 1 is 0.950 bits per heavy atom. The zero-order valence-corrected chi connectivity index (χ0v) is 14.2. The Labute approximate surface area is 134 Å². The second-order valence-corrected chi connectivity index (χ2v) is 5.95. The second kappa shape index (κ2) is 6.61. The summed E-state index contributed by atoms with van der Waals surface area (Å²) in [4.78, 5) is 0. The normalized spacial score (nSPS) is 12.1. The van der Waals surface area contributed by atoms with E-state index in [2.05, 4.69) is 31.9 Å². The molecule has 0 saturated carbocycles. The predicted molar refractivity (Wildman–Crippen MR) is 85.4 cm³/mol. The van der Waals surface area contributed by atoms with Crippen molar-refractivity contribution < 1.29 is 14.6 Å². The first kappa shape index (κ1) is 15.4. The van der Waals surface area contributed by atoms with Crippen LogP contribution in [0.5, 0.6) is 11.5 Å². The molecular formula is C15H14Br2O3.